The molecule has 1 aliphatic heterocycles. The average molecular weight is 604 g/mol. The van der Waals surface area contributed by atoms with E-state index >= 15 is 0 Å². The molecule has 218 valence electrons. The summed E-state index contributed by atoms with van der Waals surface area (Å²) in [6, 6.07) is 14.9. The molecule has 0 saturated carbocycles. The lowest BCUT2D eigenvalue weighted by Gasteiger charge is -2.33. The van der Waals surface area contributed by atoms with E-state index in [2.05, 4.69) is 5.32 Å². The van der Waals surface area contributed by atoms with Crippen LogP contribution >= 0.6 is 11.6 Å². The number of carbonyl (C=O) groups is 2. The maximum Gasteiger partial charge on any atom is 0.264 e. The van der Waals surface area contributed by atoms with E-state index in [0.29, 0.717) is 29.5 Å². The Bertz CT molecular complexity index is 1490. The second kappa shape index (κ2) is 13.2. The summed E-state index contributed by atoms with van der Waals surface area (Å²) in [6.07, 6.45) is 0.288. The van der Waals surface area contributed by atoms with Crippen molar-refractivity contribution in [3.05, 3.63) is 83.1 Å². The molecule has 2 amide bonds. The fourth-order valence-electron chi connectivity index (χ4n) is 4.45. The number of sulfonamides is 1. The van der Waals surface area contributed by atoms with Crippen molar-refractivity contribution in [2.24, 2.45) is 0 Å². The highest BCUT2D eigenvalue weighted by atomic mass is 35.5. The van der Waals surface area contributed by atoms with Crippen LogP contribution in [0.3, 0.4) is 0 Å². The summed E-state index contributed by atoms with van der Waals surface area (Å²) < 4.78 is 53.8. The van der Waals surface area contributed by atoms with E-state index < -0.39 is 34.3 Å². The number of likely N-dealkylation sites (N-methyl/N-ethyl adjacent to an activating group) is 1. The quantitative estimate of drug-likeness (QED) is 0.349. The van der Waals surface area contributed by atoms with Crippen molar-refractivity contribution in [1.29, 1.82) is 0 Å². The van der Waals surface area contributed by atoms with Crippen molar-refractivity contribution < 1.29 is 31.9 Å². The minimum Gasteiger partial charge on any atom is -0.486 e. The van der Waals surface area contributed by atoms with Gasteiger partial charge in [-0.15, -0.1) is 0 Å². The molecule has 3 aromatic carbocycles. The lowest BCUT2D eigenvalue weighted by molar-refractivity contribution is -0.140. The first-order chi connectivity index (χ1) is 19.6. The molecule has 12 heteroatoms. The fraction of sp³-hybridized carbons (Fsp3) is 0.310. The predicted molar refractivity (Wildman–Crippen MR) is 153 cm³/mol. The van der Waals surface area contributed by atoms with Gasteiger partial charge in [0.2, 0.25) is 11.8 Å². The van der Waals surface area contributed by atoms with Gasteiger partial charge in [-0.2, -0.15) is 0 Å². The first kappa shape index (κ1) is 30.1. The Kier molecular flexibility index (Phi) is 9.72. The third-order valence-electron chi connectivity index (χ3n) is 6.50. The highest BCUT2D eigenvalue weighted by Gasteiger charge is 2.34. The van der Waals surface area contributed by atoms with Crippen LogP contribution in [0.25, 0.3) is 0 Å². The lowest BCUT2D eigenvalue weighted by atomic mass is 10.1. The maximum atomic E-state index is 14.0. The van der Waals surface area contributed by atoms with Crippen molar-refractivity contribution in [3.8, 4) is 11.5 Å². The summed E-state index contributed by atoms with van der Waals surface area (Å²) in [7, 11) is -4.36. The molecule has 1 unspecified atom stereocenters. The third kappa shape index (κ3) is 7.09. The molecule has 41 heavy (non-hydrogen) atoms. The van der Waals surface area contributed by atoms with Gasteiger partial charge in [0.15, 0.2) is 11.5 Å². The highest BCUT2D eigenvalue weighted by Crippen LogP contribution is 2.34. The molecular formula is C29H31ClFN3O6S. The smallest absolute Gasteiger partial charge is 0.264 e. The van der Waals surface area contributed by atoms with Crippen LogP contribution in [0.4, 0.5) is 10.1 Å². The number of fused-ring (bicyclic) bond motifs is 1. The largest absolute Gasteiger partial charge is 0.486 e. The Labute approximate surface area is 243 Å². The molecule has 0 saturated heterocycles. The van der Waals surface area contributed by atoms with Gasteiger partial charge in [-0.3, -0.25) is 13.9 Å². The summed E-state index contributed by atoms with van der Waals surface area (Å²) in [6.45, 7) is 3.88. The van der Waals surface area contributed by atoms with Crippen LogP contribution in [-0.4, -0.2) is 57.5 Å². The number of anilines is 1. The highest BCUT2D eigenvalue weighted by molar-refractivity contribution is 7.92. The molecule has 1 atom stereocenters. The van der Waals surface area contributed by atoms with E-state index in [1.807, 2.05) is 0 Å². The van der Waals surface area contributed by atoms with Gasteiger partial charge in [0, 0.05) is 24.2 Å². The van der Waals surface area contributed by atoms with Crippen LogP contribution in [0.5, 0.6) is 11.5 Å². The number of nitrogens with zero attached hydrogens (tertiary/aromatic N) is 2. The summed E-state index contributed by atoms with van der Waals surface area (Å²) in [5.74, 6) is -0.886. The van der Waals surface area contributed by atoms with Crippen LogP contribution in [0.2, 0.25) is 5.02 Å². The number of hydrogen-bond acceptors (Lipinski definition) is 6. The fourth-order valence-corrected chi connectivity index (χ4v) is 6.00. The molecule has 1 heterocycles. The minimum absolute atomic E-state index is 0.0347. The van der Waals surface area contributed by atoms with Crippen LogP contribution in [0, 0.1) is 5.82 Å². The van der Waals surface area contributed by atoms with Gasteiger partial charge >= 0.3 is 0 Å². The van der Waals surface area contributed by atoms with E-state index in [-0.39, 0.29) is 41.8 Å². The Morgan fingerprint density at radius 1 is 0.976 bits per heavy atom. The monoisotopic (exact) mass is 603 g/mol. The van der Waals surface area contributed by atoms with E-state index in [4.69, 9.17) is 21.1 Å². The number of nitrogens with one attached hydrogen (secondary N) is 1. The third-order valence-corrected chi connectivity index (χ3v) is 8.52. The van der Waals surface area contributed by atoms with Gasteiger partial charge in [-0.1, -0.05) is 30.7 Å². The first-order valence-corrected chi connectivity index (χ1v) is 15.0. The minimum atomic E-state index is -4.36. The van der Waals surface area contributed by atoms with Gasteiger partial charge in [-0.05, 0) is 67.4 Å². The molecule has 3 aromatic rings. The van der Waals surface area contributed by atoms with Crippen molar-refractivity contribution >= 4 is 39.1 Å². The van der Waals surface area contributed by atoms with E-state index in [1.54, 1.807) is 38.1 Å². The standard InChI is InChI=1S/C29H31ClFN3O6S/c1-3-25(29(36)32-4-2)33(18-20-5-7-21(30)8-6-20)28(35)19-34(23-11-9-22(31)10-12-23)41(37,38)24-13-14-26-27(17-24)40-16-15-39-26/h5-14,17,25H,3-4,15-16,18-19H2,1-2H3,(H,32,36). The maximum absolute atomic E-state index is 14.0. The molecule has 0 bridgehead atoms. The summed E-state index contributed by atoms with van der Waals surface area (Å²) in [5, 5.41) is 3.26. The van der Waals surface area contributed by atoms with Gasteiger partial charge in [0.25, 0.3) is 10.0 Å². The Morgan fingerprint density at radius 3 is 2.27 bits per heavy atom. The van der Waals surface area contributed by atoms with E-state index in [9.17, 15) is 22.4 Å². The van der Waals surface area contributed by atoms with Gasteiger partial charge in [-0.25, -0.2) is 12.8 Å². The first-order valence-electron chi connectivity index (χ1n) is 13.1. The molecule has 0 spiro atoms. The zero-order chi connectivity index (χ0) is 29.6. The zero-order valence-corrected chi connectivity index (χ0v) is 24.3. The Hall–Kier alpha value is -3.83. The normalized spacial score (nSPS) is 13.3. The molecule has 1 aliphatic rings. The van der Waals surface area contributed by atoms with Crippen molar-refractivity contribution in [1.82, 2.24) is 10.2 Å². The summed E-state index contributed by atoms with van der Waals surface area (Å²) in [4.78, 5) is 28.2. The summed E-state index contributed by atoms with van der Waals surface area (Å²) in [5.41, 5.74) is 0.778. The number of benzene rings is 3. The molecule has 0 aromatic heterocycles. The molecule has 0 fully saturated rings. The van der Waals surface area contributed by atoms with Crippen LogP contribution in [0.1, 0.15) is 25.8 Å². The Balaban J connectivity index is 1.74. The number of rotatable bonds is 11. The van der Waals surface area contributed by atoms with Gasteiger partial charge < -0.3 is 19.7 Å². The number of halogens is 2. The second-order valence-electron chi connectivity index (χ2n) is 9.26. The van der Waals surface area contributed by atoms with Gasteiger partial charge in [0.1, 0.15) is 31.6 Å². The van der Waals surface area contributed by atoms with Crippen molar-refractivity contribution in [2.75, 3.05) is 30.6 Å². The van der Waals surface area contributed by atoms with Gasteiger partial charge in [0.05, 0.1) is 10.6 Å². The molecule has 0 aliphatic carbocycles. The van der Waals surface area contributed by atoms with Crippen molar-refractivity contribution in [2.45, 2.75) is 37.8 Å². The summed E-state index contributed by atoms with van der Waals surface area (Å²) >= 11 is 6.03. The molecule has 4 rings (SSSR count). The molecular weight excluding hydrogens is 573 g/mol. The Morgan fingerprint density at radius 2 is 1.63 bits per heavy atom. The van der Waals surface area contributed by atoms with E-state index in [0.717, 1.165) is 16.4 Å². The zero-order valence-electron chi connectivity index (χ0n) is 22.7. The molecule has 1 N–H and O–H groups in total. The topological polar surface area (TPSA) is 105 Å². The van der Waals surface area contributed by atoms with Crippen LogP contribution in [-0.2, 0) is 26.2 Å². The lowest BCUT2D eigenvalue weighted by Crippen LogP contribution is -2.52. The van der Waals surface area contributed by atoms with Crippen LogP contribution in [0.15, 0.2) is 71.6 Å². The number of amides is 2. The number of carbonyl (C=O) groups excluding carboxylic acids is 2. The number of hydrogen-bond donors (Lipinski definition) is 1. The van der Waals surface area contributed by atoms with Crippen molar-refractivity contribution in [3.63, 3.8) is 0 Å². The average Bonchev–Trinajstić information content (AvgIpc) is 2.97. The molecule has 9 nitrogen and oxygen atoms in total. The second-order valence-corrected chi connectivity index (χ2v) is 11.6. The van der Waals surface area contributed by atoms with E-state index in [1.165, 1.54) is 35.2 Å². The molecule has 0 radical (unpaired) electrons. The number of ether oxygens (including phenoxy) is 2. The predicted octanol–water partition coefficient (Wildman–Crippen LogP) is 4.39. The SMILES string of the molecule is CCNC(=O)C(CC)N(Cc1ccc(Cl)cc1)C(=O)CN(c1ccc(F)cc1)S(=O)(=O)c1ccc2c(c1)OCCO2. The van der Waals surface area contributed by atoms with Crippen LogP contribution < -0.4 is 19.1 Å².